The summed E-state index contributed by atoms with van der Waals surface area (Å²) in [7, 11) is 0. The van der Waals surface area contributed by atoms with Crippen molar-refractivity contribution in [3.05, 3.63) is 21.3 Å². The zero-order valence-corrected chi connectivity index (χ0v) is 15.8. The maximum absolute atomic E-state index is 12.3. The van der Waals surface area contributed by atoms with Gasteiger partial charge in [-0.1, -0.05) is 0 Å². The first-order valence-electron chi connectivity index (χ1n) is 7.30. The number of rotatable bonds is 3. The van der Waals surface area contributed by atoms with Crippen LogP contribution in [0, 0.1) is 5.92 Å². The van der Waals surface area contributed by atoms with Gasteiger partial charge in [-0.2, -0.15) is 0 Å². The van der Waals surface area contributed by atoms with E-state index < -0.39 is 0 Å². The molecule has 0 spiro atoms. The number of aromatic nitrogens is 1. The van der Waals surface area contributed by atoms with Crippen molar-refractivity contribution in [3.63, 3.8) is 0 Å². The molecule has 3 heterocycles. The van der Waals surface area contributed by atoms with E-state index in [1.807, 2.05) is 17.5 Å². The van der Waals surface area contributed by atoms with Gasteiger partial charge >= 0.3 is 0 Å². The molecule has 2 aromatic heterocycles. The van der Waals surface area contributed by atoms with Gasteiger partial charge in [0.1, 0.15) is 0 Å². The number of hydrogen-bond acceptors (Lipinski definition) is 5. The number of piperidine rings is 1. The number of nitrogens with zero attached hydrogens (tertiary/aromatic N) is 2. The lowest BCUT2D eigenvalue weighted by molar-refractivity contribution is -0.132. The fourth-order valence-corrected chi connectivity index (χ4v) is 4.70. The molecule has 122 valence electrons. The van der Waals surface area contributed by atoms with Crippen LogP contribution in [0.2, 0.25) is 0 Å². The van der Waals surface area contributed by atoms with Gasteiger partial charge in [0.15, 0.2) is 5.13 Å². The minimum Gasteiger partial charge on any atom is -0.343 e. The maximum atomic E-state index is 12.3. The molecule has 3 rings (SSSR count). The summed E-state index contributed by atoms with van der Waals surface area (Å²) in [6.45, 7) is 2.87. The van der Waals surface area contributed by atoms with E-state index in [4.69, 9.17) is 0 Å². The van der Waals surface area contributed by atoms with E-state index in [0.717, 1.165) is 14.4 Å². The van der Waals surface area contributed by atoms with Crippen LogP contribution in [-0.4, -0.2) is 34.8 Å². The smallest absolute Gasteiger partial charge is 0.229 e. The van der Waals surface area contributed by atoms with E-state index in [1.54, 1.807) is 23.2 Å². The maximum Gasteiger partial charge on any atom is 0.229 e. The first-order valence-corrected chi connectivity index (χ1v) is 9.79. The summed E-state index contributed by atoms with van der Waals surface area (Å²) < 4.78 is 1.06. The Hall–Kier alpha value is -1.25. The van der Waals surface area contributed by atoms with Crippen molar-refractivity contribution in [3.8, 4) is 10.6 Å². The normalized spacial score (nSPS) is 15.7. The number of carbonyl (C=O) groups is 2. The fraction of sp³-hybridized carbons (Fsp3) is 0.400. The Morgan fingerprint density at radius 2 is 2.09 bits per heavy atom. The van der Waals surface area contributed by atoms with E-state index in [1.165, 1.54) is 11.3 Å². The van der Waals surface area contributed by atoms with Crippen LogP contribution in [0.4, 0.5) is 5.13 Å². The van der Waals surface area contributed by atoms with Gasteiger partial charge in [-0.05, 0) is 40.9 Å². The highest BCUT2D eigenvalue weighted by molar-refractivity contribution is 9.11. The van der Waals surface area contributed by atoms with Crippen molar-refractivity contribution in [2.24, 2.45) is 5.92 Å². The van der Waals surface area contributed by atoms with E-state index in [2.05, 4.69) is 26.2 Å². The number of hydrogen-bond donors (Lipinski definition) is 1. The second kappa shape index (κ2) is 7.11. The summed E-state index contributed by atoms with van der Waals surface area (Å²) >= 11 is 6.49. The molecule has 0 unspecified atom stereocenters. The molecular weight excluding hydrogens is 398 g/mol. The number of amides is 2. The zero-order chi connectivity index (χ0) is 16.4. The third-order valence-electron chi connectivity index (χ3n) is 3.87. The molecule has 2 aromatic rings. The molecule has 1 saturated heterocycles. The van der Waals surface area contributed by atoms with E-state index in [9.17, 15) is 9.59 Å². The molecule has 0 radical (unpaired) electrons. The number of thiophene rings is 1. The lowest BCUT2D eigenvalue weighted by atomic mass is 9.96. The van der Waals surface area contributed by atoms with Gasteiger partial charge in [-0.25, -0.2) is 4.98 Å². The Kier molecular flexibility index (Phi) is 5.13. The van der Waals surface area contributed by atoms with Crippen molar-refractivity contribution >= 4 is 55.5 Å². The second-order valence-electron chi connectivity index (χ2n) is 5.41. The molecule has 0 bridgehead atoms. The number of halogens is 1. The summed E-state index contributed by atoms with van der Waals surface area (Å²) in [4.78, 5) is 31.0. The quantitative estimate of drug-likeness (QED) is 0.831. The molecule has 0 atom stereocenters. The Bertz CT molecular complexity index is 720. The number of likely N-dealkylation sites (tertiary alicyclic amines) is 1. The molecule has 5 nitrogen and oxygen atoms in total. The van der Waals surface area contributed by atoms with Crippen molar-refractivity contribution in [2.75, 3.05) is 18.4 Å². The van der Waals surface area contributed by atoms with Gasteiger partial charge in [-0.15, -0.1) is 22.7 Å². The van der Waals surface area contributed by atoms with Crippen LogP contribution in [0.3, 0.4) is 0 Å². The number of anilines is 1. The van der Waals surface area contributed by atoms with Crippen LogP contribution in [-0.2, 0) is 9.59 Å². The first kappa shape index (κ1) is 16.6. The second-order valence-corrected chi connectivity index (χ2v) is 8.73. The van der Waals surface area contributed by atoms with Crippen LogP contribution in [0.15, 0.2) is 21.3 Å². The van der Waals surface area contributed by atoms with Crippen LogP contribution in [0.25, 0.3) is 10.6 Å². The SMILES string of the molecule is CC(=O)N1CCC(C(=O)Nc2nc(-c3ccc(Br)s3)cs2)CC1. The summed E-state index contributed by atoms with van der Waals surface area (Å²) in [5.74, 6) is 0.0332. The zero-order valence-electron chi connectivity index (χ0n) is 12.5. The number of thiazole rings is 1. The van der Waals surface area contributed by atoms with Crippen molar-refractivity contribution < 1.29 is 9.59 Å². The lowest BCUT2D eigenvalue weighted by Crippen LogP contribution is -2.40. The summed E-state index contributed by atoms with van der Waals surface area (Å²) in [5, 5.41) is 5.49. The van der Waals surface area contributed by atoms with Gasteiger partial charge in [0, 0.05) is 31.3 Å². The van der Waals surface area contributed by atoms with Gasteiger partial charge in [0.2, 0.25) is 11.8 Å². The molecule has 1 aliphatic rings. The molecule has 0 saturated carbocycles. The minimum absolute atomic E-state index is 0.00135. The van der Waals surface area contributed by atoms with Crippen LogP contribution < -0.4 is 5.32 Å². The van der Waals surface area contributed by atoms with E-state index in [-0.39, 0.29) is 17.7 Å². The molecule has 8 heteroatoms. The van der Waals surface area contributed by atoms with Crippen molar-refractivity contribution in [1.29, 1.82) is 0 Å². The average Bonchev–Trinajstić information content (AvgIpc) is 3.16. The van der Waals surface area contributed by atoms with Crippen LogP contribution in [0.1, 0.15) is 19.8 Å². The molecule has 0 aliphatic carbocycles. The van der Waals surface area contributed by atoms with Crippen LogP contribution >= 0.6 is 38.6 Å². The molecule has 0 aromatic carbocycles. The Morgan fingerprint density at radius 1 is 1.35 bits per heavy atom. The highest BCUT2D eigenvalue weighted by Gasteiger charge is 2.26. The summed E-state index contributed by atoms with van der Waals surface area (Å²) in [6.07, 6.45) is 1.42. The summed E-state index contributed by atoms with van der Waals surface area (Å²) in [5.41, 5.74) is 0.882. The highest BCUT2D eigenvalue weighted by atomic mass is 79.9. The molecule has 2 amide bonds. The first-order chi connectivity index (χ1) is 11.0. The van der Waals surface area contributed by atoms with Crippen molar-refractivity contribution in [1.82, 2.24) is 9.88 Å². The third-order valence-corrected chi connectivity index (χ3v) is 6.27. The number of carbonyl (C=O) groups excluding carboxylic acids is 2. The predicted molar refractivity (Wildman–Crippen MR) is 96.7 cm³/mol. The summed E-state index contributed by atoms with van der Waals surface area (Å²) in [6, 6.07) is 3.99. The standard InChI is InChI=1S/C15H16BrN3O2S2/c1-9(20)19-6-4-10(5-7-19)14(21)18-15-17-11(8-22-15)12-2-3-13(16)23-12/h2-3,8,10H,4-7H2,1H3,(H,17,18,21). The topological polar surface area (TPSA) is 62.3 Å². The van der Waals surface area contributed by atoms with Crippen molar-refractivity contribution in [2.45, 2.75) is 19.8 Å². The van der Waals surface area contributed by atoms with Gasteiger partial charge in [0.05, 0.1) is 14.4 Å². The molecular formula is C15H16BrN3O2S2. The van der Waals surface area contributed by atoms with Crippen LogP contribution in [0.5, 0.6) is 0 Å². The molecule has 23 heavy (non-hydrogen) atoms. The third kappa shape index (κ3) is 3.99. The Balaban J connectivity index is 1.58. The molecule has 1 fully saturated rings. The van der Waals surface area contributed by atoms with E-state index in [0.29, 0.717) is 31.1 Å². The fourth-order valence-electron chi connectivity index (χ4n) is 2.56. The molecule has 1 N–H and O–H groups in total. The largest absolute Gasteiger partial charge is 0.343 e. The van der Waals surface area contributed by atoms with Gasteiger partial charge in [0.25, 0.3) is 0 Å². The predicted octanol–water partition coefficient (Wildman–Crippen LogP) is 3.83. The Morgan fingerprint density at radius 3 is 2.70 bits per heavy atom. The number of nitrogens with one attached hydrogen (secondary N) is 1. The monoisotopic (exact) mass is 413 g/mol. The average molecular weight is 414 g/mol. The minimum atomic E-state index is -0.0474. The molecule has 1 aliphatic heterocycles. The van der Waals surface area contributed by atoms with E-state index >= 15 is 0 Å². The van der Waals surface area contributed by atoms with Gasteiger partial charge in [-0.3, -0.25) is 9.59 Å². The van der Waals surface area contributed by atoms with Gasteiger partial charge < -0.3 is 10.2 Å². The highest BCUT2D eigenvalue weighted by Crippen LogP contribution is 2.33. The Labute approximate surface area is 150 Å². The lowest BCUT2D eigenvalue weighted by Gasteiger charge is -2.30.